The predicted molar refractivity (Wildman–Crippen MR) is 203 cm³/mol. The Hall–Kier alpha value is -4.83. The van der Waals surface area contributed by atoms with Crippen LogP contribution in [-0.2, 0) is 32.6 Å². The van der Waals surface area contributed by atoms with Crippen LogP contribution in [0.3, 0.4) is 0 Å². The topological polar surface area (TPSA) is 96.0 Å². The largest absolute Gasteiger partial charge is 0.457 e. The molecule has 11 heteroatoms. The Morgan fingerprint density at radius 1 is 0.745 bits per heavy atom. The van der Waals surface area contributed by atoms with Crippen LogP contribution in [0, 0.1) is 0 Å². The van der Waals surface area contributed by atoms with Crippen molar-refractivity contribution < 1.29 is 22.7 Å². The number of carbonyl (C=O) groups excluding carboxylic acids is 2. The van der Waals surface area contributed by atoms with Crippen LogP contribution in [0.4, 0.5) is 5.69 Å². The van der Waals surface area contributed by atoms with Crippen molar-refractivity contribution in [3.63, 3.8) is 0 Å². The second-order valence-corrected chi connectivity index (χ2v) is 14.7. The Kier molecular flexibility index (Phi) is 12.8. The third kappa shape index (κ3) is 9.91. The molecule has 8 nitrogen and oxygen atoms in total. The zero-order chi connectivity index (χ0) is 36.4. The SMILES string of the molecule is CC[C@H](C)NC(=O)[C@H](Cc1ccccc1)N(Cc1ccc(Cl)c(Cl)c1)C(=O)CN(c1ccc(Oc2ccccc2)cc1)S(=O)(=O)c1ccccc1. The smallest absolute Gasteiger partial charge is 0.264 e. The van der Waals surface area contributed by atoms with Crippen LogP contribution >= 0.6 is 23.2 Å². The molecular formula is C40H39Cl2N3O5S. The van der Waals surface area contributed by atoms with Crippen LogP contribution in [0.2, 0.25) is 10.0 Å². The molecule has 2 atom stereocenters. The molecule has 0 aromatic heterocycles. The molecule has 0 aliphatic heterocycles. The van der Waals surface area contributed by atoms with Gasteiger partial charge in [0.1, 0.15) is 24.1 Å². The van der Waals surface area contributed by atoms with Crippen LogP contribution in [0.15, 0.2) is 138 Å². The lowest BCUT2D eigenvalue weighted by Gasteiger charge is -2.34. The summed E-state index contributed by atoms with van der Waals surface area (Å²) in [5.41, 5.74) is 1.69. The number of nitrogens with one attached hydrogen (secondary N) is 1. The van der Waals surface area contributed by atoms with Gasteiger partial charge in [0.2, 0.25) is 11.8 Å². The highest BCUT2D eigenvalue weighted by atomic mass is 35.5. The minimum atomic E-state index is -4.26. The van der Waals surface area contributed by atoms with Crippen LogP contribution in [0.1, 0.15) is 31.4 Å². The van der Waals surface area contributed by atoms with Crippen molar-refractivity contribution >= 4 is 50.7 Å². The Morgan fingerprint density at radius 3 is 1.94 bits per heavy atom. The number of hydrogen-bond donors (Lipinski definition) is 1. The van der Waals surface area contributed by atoms with Gasteiger partial charge in [-0.1, -0.05) is 103 Å². The minimum absolute atomic E-state index is 0.00814. The van der Waals surface area contributed by atoms with E-state index in [1.54, 1.807) is 60.7 Å². The summed E-state index contributed by atoms with van der Waals surface area (Å²) in [4.78, 5) is 30.2. The maximum Gasteiger partial charge on any atom is 0.264 e. The van der Waals surface area contributed by atoms with E-state index in [-0.39, 0.29) is 40.5 Å². The van der Waals surface area contributed by atoms with Gasteiger partial charge in [-0.25, -0.2) is 8.42 Å². The molecule has 0 saturated heterocycles. The van der Waals surface area contributed by atoms with Crippen molar-refractivity contribution in [1.29, 1.82) is 0 Å². The van der Waals surface area contributed by atoms with Crippen molar-refractivity contribution in [2.75, 3.05) is 10.8 Å². The van der Waals surface area contributed by atoms with Crippen molar-refractivity contribution in [1.82, 2.24) is 10.2 Å². The average Bonchev–Trinajstić information content (AvgIpc) is 3.14. The summed E-state index contributed by atoms with van der Waals surface area (Å²) >= 11 is 12.6. The summed E-state index contributed by atoms with van der Waals surface area (Å²) in [6, 6.07) is 36.8. The fraction of sp³-hybridized carbons (Fsp3) is 0.200. The first-order valence-corrected chi connectivity index (χ1v) is 18.7. The van der Waals surface area contributed by atoms with Gasteiger partial charge in [0.15, 0.2) is 0 Å². The number of hydrogen-bond acceptors (Lipinski definition) is 5. The van der Waals surface area contributed by atoms with E-state index in [1.165, 1.54) is 17.0 Å². The third-order valence-electron chi connectivity index (χ3n) is 8.32. The highest BCUT2D eigenvalue weighted by molar-refractivity contribution is 7.92. The number of anilines is 1. The number of halogens is 2. The molecule has 0 aliphatic carbocycles. The van der Waals surface area contributed by atoms with Crippen LogP contribution in [0.25, 0.3) is 0 Å². The van der Waals surface area contributed by atoms with E-state index in [9.17, 15) is 18.0 Å². The quantitative estimate of drug-likeness (QED) is 0.116. The van der Waals surface area contributed by atoms with Gasteiger partial charge in [-0.15, -0.1) is 0 Å². The third-order valence-corrected chi connectivity index (χ3v) is 10.8. The molecule has 1 N–H and O–H groups in total. The van der Waals surface area contributed by atoms with Gasteiger partial charge in [-0.3, -0.25) is 13.9 Å². The molecule has 0 bridgehead atoms. The average molecular weight is 745 g/mol. The first-order valence-electron chi connectivity index (χ1n) is 16.5. The van der Waals surface area contributed by atoms with Gasteiger partial charge < -0.3 is 15.0 Å². The Morgan fingerprint density at radius 2 is 1.33 bits per heavy atom. The number of para-hydroxylation sites is 1. The maximum atomic E-state index is 14.7. The van der Waals surface area contributed by atoms with Gasteiger partial charge in [-0.05, 0) is 85.1 Å². The summed E-state index contributed by atoms with van der Waals surface area (Å²) in [6.45, 7) is 3.21. The monoisotopic (exact) mass is 743 g/mol. The lowest BCUT2D eigenvalue weighted by molar-refractivity contribution is -0.140. The number of ether oxygens (including phenoxy) is 1. The lowest BCUT2D eigenvalue weighted by Crippen LogP contribution is -2.54. The zero-order valence-electron chi connectivity index (χ0n) is 28.3. The van der Waals surface area contributed by atoms with E-state index in [0.29, 0.717) is 28.5 Å². The number of nitrogens with zero attached hydrogens (tertiary/aromatic N) is 2. The number of rotatable bonds is 15. The molecule has 5 aromatic carbocycles. The van der Waals surface area contributed by atoms with Crippen LogP contribution < -0.4 is 14.4 Å². The molecule has 5 rings (SSSR count). The van der Waals surface area contributed by atoms with Crippen LogP contribution in [-0.4, -0.2) is 43.8 Å². The van der Waals surface area contributed by atoms with Gasteiger partial charge in [0, 0.05) is 19.0 Å². The molecule has 0 unspecified atom stereocenters. The van der Waals surface area contributed by atoms with E-state index in [4.69, 9.17) is 27.9 Å². The molecule has 0 heterocycles. The van der Waals surface area contributed by atoms with Crippen molar-refractivity contribution in [3.05, 3.63) is 155 Å². The Balaban J connectivity index is 1.56. The summed E-state index contributed by atoms with van der Waals surface area (Å²) < 4.78 is 35.6. The molecule has 2 amide bonds. The standard InChI is InChI=1S/C40H39Cl2N3O5S/c1-3-29(2)43-40(47)38(26-30-13-7-4-8-14-30)44(27-31-19-24-36(41)37(42)25-31)39(46)28-45(51(48,49)35-17-11-6-12-18-35)32-20-22-34(23-21-32)50-33-15-9-5-10-16-33/h4-25,29,38H,3,26-28H2,1-2H3,(H,43,47)/t29-,38-/m0/s1. The van der Waals surface area contributed by atoms with Crippen molar-refractivity contribution in [3.8, 4) is 11.5 Å². The van der Waals surface area contributed by atoms with E-state index in [2.05, 4.69) is 5.32 Å². The molecular weight excluding hydrogens is 705 g/mol. The maximum absolute atomic E-state index is 14.7. The summed E-state index contributed by atoms with van der Waals surface area (Å²) in [5.74, 6) is 0.151. The van der Waals surface area contributed by atoms with E-state index in [0.717, 1.165) is 9.87 Å². The summed E-state index contributed by atoms with van der Waals surface area (Å²) in [6.07, 6.45) is 0.866. The molecule has 0 aliphatic rings. The number of carbonyl (C=O) groups is 2. The highest BCUT2D eigenvalue weighted by Crippen LogP contribution is 2.29. The molecule has 0 spiro atoms. The lowest BCUT2D eigenvalue weighted by atomic mass is 10.0. The number of amides is 2. The number of benzene rings is 5. The second kappa shape index (κ2) is 17.4. The highest BCUT2D eigenvalue weighted by Gasteiger charge is 2.35. The van der Waals surface area contributed by atoms with Gasteiger partial charge in [0.05, 0.1) is 20.6 Å². The van der Waals surface area contributed by atoms with Gasteiger partial charge >= 0.3 is 0 Å². The molecule has 0 radical (unpaired) electrons. The number of sulfonamides is 1. The fourth-order valence-electron chi connectivity index (χ4n) is 5.38. The fourth-order valence-corrected chi connectivity index (χ4v) is 7.14. The Labute approximate surface area is 309 Å². The zero-order valence-corrected chi connectivity index (χ0v) is 30.6. The minimum Gasteiger partial charge on any atom is -0.457 e. The molecule has 51 heavy (non-hydrogen) atoms. The first-order chi connectivity index (χ1) is 24.5. The molecule has 5 aromatic rings. The van der Waals surface area contributed by atoms with E-state index in [1.807, 2.05) is 74.5 Å². The van der Waals surface area contributed by atoms with Crippen molar-refractivity contribution in [2.24, 2.45) is 0 Å². The van der Waals surface area contributed by atoms with E-state index < -0.39 is 28.5 Å². The van der Waals surface area contributed by atoms with Crippen molar-refractivity contribution in [2.45, 2.75) is 50.2 Å². The van der Waals surface area contributed by atoms with E-state index >= 15 is 0 Å². The first kappa shape index (κ1) is 37.4. The second-order valence-electron chi connectivity index (χ2n) is 12.0. The molecule has 0 fully saturated rings. The van der Waals surface area contributed by atoms with Gasteiger partial charge in [-0.2, -0.15) is 0 Å². The normalized spacial score (nSPS) is 12.4. The van der Waals surface area contributed by atoms with Gasteiger partial charge in [0.25, 0.3) is 10.0 Å². The molecule has 0 saturated carbocycles. The Bertz CT molecular complexity index is 2020. The summed E-state index contributed by atoms with van der Waals surface area (Å²) in [5, 5.41) is 3.66. The molecule has 264 valence electrons. The predicted octanol–water partition coefficient (Wildman–Crippen LogP) is 8.54. The summed E-state index contributed by atoms with van der Waals surface area (Å²) in [7, 11) is -4.26. The van der Waals surface area contributed by atoms with Crippen LogP contribution in [0.5, 0.6) is 11.5 Å².